The molecule has 0 bridgehead atoms. The molecule has 0 atom stereocenters. The third-order valence-electron chi connectivity index (χ3n) is 2.63. The predicted octanol–water partition coefficient (Wildman–Crippen LogP) is 2.54. The lowest BCUT2D eigenvalue weighted by molar-refractivity contribution is 0.629. The summed E-state index contributed by atoms with van der Waals surface area (Å²) in [6, 6.07) is 4.70. The lowest BCUT2D eigenvalue weighted by Crippen LogP contribution is -1.99. The number of fused-ring (bicyclic) bond motifs is 1. The lowest BCUT2D eigenvalue weighted by atomic mass is 10.3. The average Bonchev–Trinajstić information content (AvgIpc) is 2.61. The first-order valence-electron chi connectivity index (χ1n) is 5.67. The number of thioether (sulfide) groups is 1. The molecule has 92 valence electrons. The van der Waals surface area contributed by atoms with Crippen molar-refractivity contribution in [2.24, 2.45) is 12.8 Å². The quantitative estimate of drug-likeness (QED) is 0.658. The number of hydrogen-bond donors (Lipinski definition) is 1. The van der Waals surface area contributed by atoms with Crippen LogP contribution in [0, 0.1) is 5.82 Å². The van der Waals surface area contributed by atoms with E-state index in [2.05, 4.69) is 4.98 Å². The van der Waals surface area contributed by atoms with Gasteiger partial charge in [-0.3, -0.25) is 0 Å². The summed E-state index contributed by atoms with van der Waals surface area (Å²) >= 11 is 1.69. The highest BCUT2D eigenvalue weighted by atomic mass is 32.2. The summed E-state index contributed by atoms with van der Waals surface area (Å²) in [5, 5.41) is 0.933. The number of unbranched alkanes of at least 4 members (excludes halogenated alkanes) is 1. The van der Waals surface area contributed by atoms with Gasteiger partial charge >= 0.3 is 0 Å². The summed E-state index contributed by atoms with van der Waals surface area (Å²) in [5.74, 6) is 0.756. The maximum Gasteiger partial charge on any atom is 0.168 e. The van der Waals surface area contributed by atoms with Crippen LogP contribution in [0.3, 0.4) is 0 Å². The average molecular weight is 253 g/mol. The highest BCUT2D eigenvalue weighted by molar-refractivity contribution is 7.99. The van der Waals surface area contributed by atoms with E-state index in [1.807, 2.05) is 11.6 Å². The van der Waals surface area contributed by atoms with Crippen LogP contribution in [0.5, 0.6) is 0 Å². The lowest BCUT2D eigenvalue weighted by Gasteiger charge is -2.01. The van der Waals surface area contributed by atoms with E-state index in [1.165, 1.54) is 12.1 Å². The first kappa shape index (κ1) is 12.4. The second-order valence-electron chi connectivity index (χ2n) is 3.93. The summed E-state index contributed by atoms with van der Waals surface area (Å²) in [6.07, 6.45) is 2.12. The molecule has 0 radical (unpaired) electrons. The van der Waals surface area contributed by atoms with Crippen LogP contribution in [0.4, 0.5) is 4.39 Å². The molecule has 1 aromatic heterocycles. The summed E-state index contributed by atoms with van der Waals surface area (Å²) in [6.45, 7) is 0.730. The Morgan fingerprint density at radius 3 is 3.00 bits per heavy atom. The molecule has 1 heterocycles. The van der Waals surface area contributed by atoms with Gasteiger partial charge in [0, 0.05) is 18.9 Å². The Balaban J connectivity index is 2.15. The minimum Gasteiger partial charge on any atom is -0.330 e. The van der Waals surface area contributed by atoms with E-state index in [0.717, 1.165) is 35.8 Å². The zero-order valence-corrected chi connectivity index (χ0v) is 10.6. The van der Waals surface area contributed by atoms with Gasteiger partial charge in [0.25, 0.3) is 0 Å². The van der Waals surface area contributed by atoms with Gasteiger partial charge in [0.2, 0.25) is 0 Å². The molecule has 5 heteroatoms. The van der Waals surface area contributed by atoms with Crippen LogP contribution in [0.15, 0.2) is 23.4 Å². The van der Waals surface area contributed by atoms with Crippen molar-refractivity contribution in [1.82, 2.24) is 9.55 Å². The van der Waals surface area contributed by atoms with Crippen molar-refractivity contribution < 1.29 is 4.39 Å². The van der Waals surface area contributed by atoms with Crippen molar-refractivity contribution in [3.63, 3.8) is 0 Å². The summed E-state index contributed by atoms with van der Waals surface area (Å²) in [4.78, 5) is 4.43. The molecule has 1 aromatic carbocycles. The van der Waals surface area contributed by atoms with Gasteiger partial charge in [-0.15, -0.1) is 0 Å². The van der Waals surface area contributed by atoms with E-state index >= 15 is 0 Å². The highest BCUT2D eigenvalue weighted by Crippen LogP contribution is 2.23. The molecule has 0 aliphatic carbocycles. The molecule has 0 spiro atoms. The second-order valence-corrected chi connectivity index (χ2v) is 4.99. The largest absolute Gasteiger partial charge is 0.330 e. The van der Waals surface area contributed by atoms with Crippen molar-refractivity contribution in [1.29, 1.82) is 0 Å². The van der Waals surface area contributed by atoms with Crippen LogP contribution in [-0.2, 0) is 7.05 Å². The second kappa shape index (κ2) is 5.51. The van der Waals surface area contributed by atoms with Gasteiger partial charge < -0.3 is 10.3 Å². The minimum absolute atomic E-state index is 0.240. The third-order valence-corrected chi connectivity index (χ3v) is 3.75. The third kappa shape index (κ3) is 2.79. The Hall–Kier alpha value is -1.07. The van der Waals surface area contributed by atoms with Gasteiger partial charge in [0.05, 0.1) is 11.0 Å². The van der Waals surface area contributed by atoms with Gasteiger partial charge in [-0.05, 0) is 31.5 Å². The van der Waals surface area contributed by atoms with E-state index in [1.54, 1.807) is 17.8 Å². The maximum absolute atomic E-state index is 13.1. The van der Waals surface area contributed by atoms with Crippen LogP contribution in [0.2, 0.25) is 0 Å². The number of aromatic nitrogens is 2. The number of nitrogens with two attached hydrogens (primary N) is 1. The van der Waals surface area contributed by atoms with Gasteiger partial charge in [0.1, 0.15) is 5.82 Å². The molecule has 2 rings (SSSR count). The van der Waals surface area contributed by atoms with Crippen LogP contribution >= 0.6 is 11.8 Å². The van der Waals surface area contributed by atoms with Crippen molar-refractivity contribution >= 4 is 22.8 Å². The molecular formula is C12H16FN3S. The standard InChI is InChI=1S/C12H16FN3S/c1-16-11-5-4-9(13)8-10(11)15-12(16)17-7-3-2-6-14/h4-5,8H,2-3,6-7,14H2,1H3. The SMILES string of the molecule is Cn1c(SCCCCN)nc2cc(F)ccc21. The first-order valence-corrected chi connectivity index (χ1v) is 6.66. The minimum atomic E-state index is -0.240. The van der Waals surface area contributed by atoms with E-state index in [-0.39, 0.29) is 5.82 Å². The molecule has 0 amide bonds. The molecular weight excluding hydrogens is 237 g/mol. The molecule has 0 unspecified atom stereocenters. The number of imidazole rings is 1. The molecule has 17 heavy (non-hydrogen) atoms. The van der Waals surface area contributed by atoms with Crippen molar-refractivity contribution in [2.75, 3.05) is 12.3 Å². The molecule has 0 aliphatic rings. The number of hydrogen-bond acceptors (Lipinski definition) is 3. The normalized spacial score (nSPS) is 11.2. The van der Waals surface area contributed by atoms with Gasteiger partial charge in [-0.25, -0.2) is 9.37 Å². The Kier molecular flexibility index (Phi) is 4.02. The van der Waals surface area contributed by atoms with Crippen LogP contribution in [-0.4, -0.2) is 21.8 Å². The Morgan fingerprint density at radius 2 is 2.24 bits per heavy atom. The van der Waals surface area contributed by atoms with Gasteiger partial charge in [-0.1, -0.05) is 11.8 Å². The molecule has 0 saturated heterocycles. The van der Waals surface area contributed by atoms with Gasteiger partial charge in [0.15, 0.2) is 5.16 Å². The Bertz CT molecular complexity index is 510. The fourth-order valence-corrected chi connectivity index (χ4v) is 2.68. The number of aryl methyl sites for hydroxylation is 1. The van der Waals surface area contributed by atoms with E-state index < -0.39 is 0 Å². The number of nitrogens with zero attached hydrogens (tertiary/aromatic N) is 2. The number of halogens is 1. The summed E-state index contributed by atoms with van der Waals surface area (Å²) in [7, 11) is 1.96. The zero-order chi connectivity index (χ0) is 12.3. The molecule has 2 aromatic rings. The van der Waals surface area contributed by atoms with Crippen LogP contribution in [0.1, 0.15) is 12.8 Å². The van der Waals surface area contributed by atoms with Crippen LogP contribution in [0.25, 0.3) is 11.0 Å². The molecule has 0 saturated carbocycles. The molecule has 2 N–H and O–H groups in total. The molecule has 0 fully saturated rings. The molecule has 3 nitrogen and oxygen atoms in total. The fourth-order valence-electron chi connectivity index (χ4n) is 1.69. The van der Waals surface area contributed by atoms with Gasteiger partial charge in [-0.2, -0.15) is 0 Å². The van der Waals surface area contributed by atoms with E-state index in [9.17, 15) is 4.39 Å². The maximum atomic E-state index is 13.1. The summed E-state index contributed by atoms with van der Waals surface area (Å²) in [5.41, 5.74) is 7.13. The number of benzene rings is 1. The number of rotatable bonds is 5. The predicted molar refractivity (Wildman–Crippen MR) is 69.7 cm³/mol. The van der Waals surface area contributed by atoms with Crippen molar-refractivity contribution in [3.8, 4) is 0 Å². The van der Waals surface area contributed by atoms with Crippen LogP contribution < -0.4 is 5.73 Å². The Labute approximate surface area is 104 Å². The fraction of sp³-hybridized carbons (Fsp3) is 0.417. The van der Waals surface area contributed by atoms with E-state index in [4.69, 9.17) is 5.73 Å². The monoisotopic (exact) mass is 253 g/mol. The topological polar surface area (TPSA) is 43.8 Å². The summed E-state index contributed by atoms with van der Waals surface area (Å²) < 4.78 is 15.1. The van der Waals surface area contributed by atoms with Crippen molar-refractivity contribution in [2.45, 2.75) is 18.0 Å². The first-order chi connectivity index (χ1) is 8.22. The highest BCUT2D eigenvalue weighted by Gasteiger charge is 2.08. The van der Waals surface area contributed by atoms with Crippen molar-refractivity contribution in [3.05, 3.63) is 24.0 Å². The van der Waals surface area contributed by atoms with E-state index in [0.29, 0.717) is 5.52 Å². The zero-order valence-electron chi connectivity index (χ0n) is 9.82. The molecule has 0 aliphatic heterocycles. The Morgan fingerprint density at radius 1 is 1.41 bits per heavy atom. The smallest absolute Gasteiger partial charge is 0.168 e.